The molecule has 0 saturated heterocycles. The van der Waals surface area contributed by atoms with Gasteiger partial charge in [0.2, 0.25) is 5.91 Å². The second-order valence-electron chi connectivity index (χ2n) is 5.91. The van der Waals surface area contributed by atoms with Crippen LogP contribution < -0.4 is 5.32 Å². The van der Waals surface area contributed by atoms with E-state index in [0.717, 1.165) is 26.4 Å². The standard InChI is InChI=1S/C22H15ClN2OS/c23-16-11-12-17(22-25-18-8-4-5-9-20(18)27-22)19(14-16)24-21(26)13-10-15-6-2-1-3-7-15/h1-14H,(H,24,26)/b13-10+. The van der Waals surface area contributed by atoms with Crippen molar-refractivity contribution >= 4 is 50.8 Å². The second kappa shape index (κ2) is 7.74. The highest BCUT2D eigenvalue weighted by Gasteiger charge is 2.12. The number of thiazole rings is 1. The van der Waals surface area contributed by atoms with Crippen molar-refractivity contribution < 1.29 is 4.79 Å². The van der Waals surface area contributed by atoms with Crippen LogP contribution in [0.4, 0.5) is 5.69 Å². The number of para-hydroxylation sites is 1. The number of benzene rings is 3. The quantitative estimate of drug-likeness (QED) is 0.417. The van der Waals surface area contributed by atoms with Crippen LogP contribution in [0, 0.1) is 0 Å². The molecular formula is C22H15ClN2OS. The Morgan fingerprint density at radius 2 is 1.78 bits per heavy atom. The average molecular weight is 391 g/mol. The summed E-state index contributed by atoms with van der Waals surface area (Å²) in [4.78, 5) is 17.1. The number of nitrogens with zero attached hydrogens (tertiary/aromatic N) is 1. The van der Waals surface area contributed by atoms with Crippen LogP contribution in [0.1, 0.15) is 5.56 Å². The van der Waals surface area contributed by atoms with Crippen LogP contribution in [0.2, 0.25) is 5.02 Å². The molecule has 27 heavy (non-hydrogen) atoms. The van der Waals surface area contributed by atoms with E-state index in [4.69, 9.17) is 11.6 Å². The molecule has 1 N–H and O–H groups in total. The zero-order chi connectivity index (χ0) is 18.6. The largest absolute Gasteiger partial charge is 0.322 e. The molecule has 4 aromatic rings. The van der Waals surface area contributed by atoms with Crippen molar-refractivity contribution in [2.24, 2.45) is 0 Å². The Balaban J connectivity index is 1.63. The van der Waals surface area contributed by atoms with Crippen molar-refractivity contribution in [3.05, 3.63) is 89.5 Å². The van der Waals surface area contributed by atoms with Gasteiger partial charge in [-0.25, -0.2) is 4.98 Å². The molecule has 0 fully saturated rings. The first kappa shape index (κ1) is 17.5. The molecule has 3 nitrogen and oxygen atoms in total. The molecule has 1 heterocycles. The summed E-state index contributed by atoms with van der Waals surface area (Å²) in [6.45, 7) is 0. The number of amides is 1. The average Bonchev–Trinajstić information content (AvgIpc) is 3.11. The highest BCUT2D eigenvalue weighted by atomic mass is 35.5. The van der Waals surface area contributed by atoms with E-state index in [1.807, 2.05) is 60.7 Å². The predicted octanol–water partition coefficient (Wildman–Crippen LogP) is 6.27. The molecule has 4 rings (SSSR count). The number of nitrogens with one attached hydrogen (secondary N) is 1. The Kier molecular flexibility index (Phi) is 5.01. The maximum absolute atomic E-state index is 12.4. The van der Waals surface area contributed by atoms with Crippen LogP contribution in [0.5, 0.6) is 0 Å². The molecule has 1 aromatic heterocycles. The summed E-state index contributed by atoms with van der Waals surface area (Å²) in [5.74, 6) is -0.219. The van der Waals surface area contributed by atoms with E-state index < -0.39 is 0 Å². The number of rotatable bonds is 4. The first-order valence-electron chi connectivity index (χ1n) is 8.39. The number of hydrogen-bond acceptors (Lipinski definition) is 3. The van der Waals surface area contributed by atoms with E-state index in [-0.39, 0.29) is 5.91 Å². The lowest BCUT2D eigenvalue weighted by Crippen LogP contribution is -2.08. The predicted molar refractivity (Wildman–Crippen MR) is 114 cm³/mol. The van der Waals surface area contributed by atoms with E-state index in [9.17, 15) is 4.79 Å². The third-order valence-electron chi connectivity index (χ3n) is 3.99. The van der Waals surface area contributed by atoms with Crippen molar-refractivity contribution in [2.75, 3.05) is 5.32 Å². The molecule has 0 radical (unpaired) electrons. The Morgan fingerprint density at radius 1 is 1.00 bits per heavy atom. The molecule has 0 aliphatic rings. The fourth-order valence-corrected chi connectivity index (χ4v) is 3.88. The Bertz CT molecular complexity index is 1100. The summed E-state index contributed by atoms with van der Waals surface area (Å²) < 4.78 is 1.10. The van der Waals surface area contributed by atoms with Gasteiger partial charge < -0.3 is 5.32 Å². The summed E-state index contributed by atoms with van der Waals surface area (Å²) in [5, 5.41) is 4.32. The molecule has 5 heteroatoms. The Labute approximate surface area is 166 Å². The van der Waals surface area contributed by atoms with Crippen molar-refractivity contribution in [3.63, 3.8) is 0 Å². The van der Waals surface area contributed by atoms with Crippen molar-refractivity contribution in [1.82, 2.24) is 4.98 Å². The van der Waals surface area contributed by atoms with Crippen LogP contribution in [0.3, 0.4) is 0 Å². The summed E-state index contributed by atoms with van der Waals surface area (Å²) in [6, 6.07) is 23.1. The van der Waals surface area contributed by atoms with Gasteiger partial charge in [0.15, 0.2) is 0 Å². The van der Waals surface area contributed by atoms with Gasteiger partial charge in [0.1, 0.15) is 5.01 Å². The van der Waals surface area contributed by atoms with Crippen LogP contribution in [0.25, 0.3) is 26.9 Å². The zero-order valence-electron chi connectivity index (χ0n) is 14.2. The third-order valence-corrected chi connectivity index (χ3v) is 5.30. The lowest BCUT2D eigenvalue weighted by atomic mass is 10.1. The minimum Gasteiger partial charge on any atom is -0.322 e. The van der Waals surface area contributed by atoms with Gasteiger partial charge >= 0.3 is 0 Å². The molecule has 0 aliphatic heterocycles. The Morgan fingerprint density at radius 3 is 2.59 bits per heavy atom. The molecule has 1 amide bonds. The minimum absolute atomic E-state index is 0.219. The summed E-state index contributed by atoms with van der Waals surface area (Å²) in [7, 11) is 0. The molecule has 132 valence electrons. The molecule has 0 saturated carbocycles. The number of fused-ring (bicyclic) bond motifs is 1. The topological polar surface area (TPSA) is 42.0 Å². The molecule has 0 atom stereocenters. The zero-order valence-corrected chi connectivity index (χ0v) is 15.8. The molecule has 0 unspecified atom stereocenters. The molecule has 0 bridgehead atoms. The van der Waals surface area contributed by atoms with Crippen LogP contribution >= 0.6 is 22.9 Å². The first-order valence-corrected chi connectivity index (χ1v) is 9.58. The fourth-order valence-electron chi connectivity index (χ4n) is 2.70. The van der Waals surface area contributed by atoms with Crippen LogP contribution in [-0.4, -0.2) is 10.9 Å². The monoisotopic (exact) mass is 390 g/mol. The maximum atomic E-state index is 12.4. The highest BCUT2D eigenvalue weighted by Crippen LogP contribution is 2.35. The van der Waals surface area contributed by atoms with E-state index in [2.05, 4.69) is 10.3 Å². The smallest absolute Gasteiger partial charge is 0.248 e. The molecule has 3 aromatic carbocycles. The lowest BCUT2D eigenvalue weighted by molar-refractivity contribution is -0.111. The van der Waals surface area contributed by atoms with Crippen LogP contribution in [0.15, 0.2) is 78.9 Å². The number of anilines is 1. The number of aromatic nitrogens is 1. The minimum atomic E-state index is -0.219. The van der Waals surface area contributed by atoms with Crippen molar-refractivity contribution in [2.45, 2.75) is 0 Å². The third kappa shape index (κ3) is 4.08. The van der Waals surface area contributed by atoms with Crippen LogP contribution in [-0.2, 0) is 4.79 Å². The number of carbonyl (C=O) groups excluding carboxylic acids is 1. The van der Waals surface area contributed by atoms with E-state index >= 15 is 0 Å². The summed E-state index contributed by atoms with van der Waals surface area (Å²) in [6.07, 6.45) is 3.29. The Hall–Kier alpha value is -2.95. The van der Waals surface area contributed by atoms with Gasteiger partial charge in [0, 0.05) is 16.7 Å². The lowest BCUT2D eigenvalue weighted by Gasteiger charge is -2.08. The van der Waals surface area contributed by atoms with Gasteiger partial charge in [-0.2, -0.15) is 0 Å². The van der Waals surface area contributed by atoms with E-state index in [1.165, 1.54) is 6.08 Å². The van der Waals surface area contributed by atoms with Gasteiger partial charge in [-0.05, 0) is 42.0 Å². The normalized spacial score (nSPS) is 11.1. The van der Waals surface area contributed by atoms with Gasteiger partial charge in [0.05, 0.1) is 15.9 Å². The van der Waals surface area contributed by atoms with Gasteiger partial charge in [-0.1, -0.05) is 54.1 Å². The van der Waals surface area contributed by atoms with E-state index in [1.54, 1.807) is 29.5 Å². The SMILES string of the molecule is O=C(/C=C/c1ccccc1)Nc1cc(Cl)ccc1-c1nc2ccccc2s1. The van der Waals surface area contributed by atoms with Gasteiger partial charge in [-0.3, -0.25) is 4.79 Å². The fraction of sp³-hybridized carbons (Fsp3) is 0. The molecule has 0 spiro atoms. The number of carbonyl (C=O) groups is 1. The summed E-state index contributed by atoms with van der Waals surface area (Å²) in [5.41, 5.74) is 3.39. The van der Waals surface area contributed by atoms with Crippen molar-refractivity contribution in [1.29, 1.82) is 0 Å². The maximum Gasteiger partial charge on any atom is 0.248 e. The number of hydrogen-bond donors (Lipinski definition) is 1. The first-order chi connectivity index (χ1) is 13.2. The van der Waals surface area contributed by atoms with Gasteiger partial charge in [0.25, 0.3) is 0 Å². The number of halogens is 1. The van der Waals surface area contributed by atoms with E-state index in [0.29, 0.717) is 10.7 Å². The second-order valence-corrected chi connectivity index (χ2v) is 7.38. The van der Waals surface area contributed by atoms with Crippen molar-refractivity contribution in [3.8, 4) is 10.6 Å². The highest BCUT2D eigenvalue weighted by molar-refractivity contribution is 7.21. The molecular weight excluding hydrogens is 376 g/mol. The summed E-state index contributed by atoms with van der Waals surface area (Å²) >= 11 is 7.74. The van der Waals surface area contributed by atoms with Gasteiger partial charge in [-0.15, -0.1) is 11.3 Å². The molecule has 0 aliphatic carbocycles.